The molecule has 31 heavy (non-hydrogen) atoms. The smallest absolute Gasteiger partial charge is 0.335 e. The Balaban J connectivity index is 2.03. The summed E-state index contributed by atoms with van der Waals surface area (Å²) in [5.74, 6) is -1.99. The van der Waals surface area contributed by atoms with Gasteiger partial charge in [-0.05, 0) is 17.7 Å². The van der Waals surface area contributed by atoms with Gasteiger partial charge in [0, 0.05) is 12.6 Å². The zero-order valence-corrected chi connectivity index (χ0v) is 17.2. The van der Waals surface area contributed by atoms with Gasteiger partial charge in [0.15, 0.2) is 12.4 Å². The van der Waals surface area contributed by atoms with Gasteiger partial charge >= 0.3 is 11.9 Å². The van der Waals surface area contributed by atoms with Crippen LogP contribution in [0.1, 0.15) is 19.4 Å². The molecule has 1 fully saturated rings. The van der Waals surface area contributed by atoms with Crippen LogP contribution < -0.4 is 10.1 Å². The maximum absolute atomic E-state index is 11.3. The van der Waals surface area contributed by atoms with Gasteiger partial charge in [-0.3, -0.25) is 4.79 Å². The zero-order valence-electron chi connectivity index (χ0n) is 17.2. The third-order valence-corrected chi connectivity index (χ3v) is 4.61. The molecule has 6 N–H and O–H groups in total. The molecule has 1 aliphatic rings. The lowest BCUT2D eigenvalue weighted by Crippen LogP contribution is -2.61. The molecule has 0 saturated carbocycles. The summed E-state index contributed by atoms with van der Waals surface area (Å²) < 4.78 is 16.5. The first kappa shape index (κ1) is 25.0. The number of hydrogen-bond donors (Lipinski definition) is 6. The van der Waals surface area contributed by atoms with E-state index in [9.17, 15) is 24.9 Å². The summed E-state index contributed by atoms with van der Waals surface area (Å²) in [6.07, 6.45) is -9.31. The highest BCUT2D eigenvalue weighted by Gasteiger charge is 2.48. The van der Waals surface area contributed by atoms with E-state index in [2.05, 4.69) is 5.32 Å². The van der Waals surface area contributed by atoms with Gasteiger partial charge in [-0.2, -0.15) is 0 Å². The van der Waals surface area contributed by atoms with Crippen LogP contribution in [0.2, 0.25) is 0 Å². The molecule has 0 aromatic heterocycles. The first-order valence-corrected chi connectivity index (χ1v) is 9.83. The summed E-state index contributed by atoms with van der Waals surface area (Å²) in [6.45, 7) is 4.07. The second kappa shape index (κ2) is 11.4. The third kappa shape index (κ3) is 7.42. The van der Waals surface area contributed by atoms with Crippen LogP contribution in [0, 0.1) is 0 Å². The van der Waals surface area contributed by atoms with Crippen molar-refractivity contribution in [3.8, 4) is 5.75 Å². The maximum Gasteiger partial charge on any atom is 0.335 e. The van der Waals surface area contributed by atoms with Gasteiger partial charge in [-0.1, -0.05) is 26.0 Å². The van der Waals surface area contributed by atoms with Crippen molar-refractivity contribution >= 4 is 11.9 Å². The van der Waals surface area contributed by atoms with E-state index >= 15 is 0 Å². The van der Waals surface area contributed by atoms with E-state index in [0.717, 1.165) is 0 Å². The van der Waals surface area contributed by atoms with Gasteiger partial charge in [0.05, 0.1) is 6.42 Å². The molecule has 6 atom stereocenters. The van der Waals surface area contributed by atoms with Gasteiger partial charge in [0.1, 0.15) is 36.8 Å². The van der Waals surface area contributed by atoms with Crippen LogP contribution >= 0.6 is 0 Å². The summed E-state index contributed by atoms with van der Waals surface area (Å²) >= 11 is 0. The van der Waals surface area contributed by atoms with E-state index in [1.54, 1.807) is 24.3 Å². The molecule has 11 nitrogen and oxygen atoms in total. The van der Waals surface area contributed by atoms with Crippen LogP contribution in [0.5, 0.6) is 5.75 Å². The Kier molecular flexibility index (Phi) is 9.16. The van der Waals surface area contributed by atoms with Crippen LogP contribution in [0.3, 0.4) is 0 Å². The number of carboxylic acid groups (broad SMARTS) is 2. The van der Waals surface area contributed by atoms with Crippen molar-refractivity contribution in [2.75, 3.05) is 13.2 Å². The Morgan fingerprint density at radius 2 is 1.71 bits per heavy atom. The molecule has 2 rings (SSSR count). The highest BCUT2D eigenvalue weighted by Crippen LogP contribution is 2.24. The van der Waals surface area contributed by atoms with E-state index in [-0.39, 0.29) is 25.6 Å². The Morgan fingerprint density at radius 1 is 1.06 bits per heavy atom. The Labute approximate surface area is 179 Å². The first-order chi connectivity index (χ1) is 14.6. The Morgan fingerprint density at radius 3 is 2.26 bits per heavy atom. The fraction of sp³-hybridized carbons (Fsp3) is 0.600. The largest absolute Gasteiger partial charge is 0.491 e. The lowest BCUT2D eigenvalue weighted by Gasteiger charge is -2.39. The van der Waals surface area contributed by atoms with Crippen molar-refractivity contribution in [1.29, 1.82) is 0 Å². The quantitative estimate of drug-likeness (QED) is 0.247. The number of carboxylic acids is 2. The number of aliphatic hydroxyl groups is 3. The molecule has 0 bridgehead atoms. The predicted octanol–water partition coefficient (Wildman–Crippen LogP) is -1.03. The minimum atomic E-state index is -1.81. The standard InChI is InChI=1S/C20H29NO10/c1-10(2)21-8-13(9-29-12-5-3-11(4-6-12)7-14(22)23)30-20-17(26)15(24)16(25)18(31-20)19(27)28/h3-6,10,13,15-18,20-21,24-26H,7-9H2,1-2H3,(H,22,23)(H,27,28). The lowest BCUT2D eigenvalue weighted by molar-refractivity contribution is -0.305. The fourth-order valence-corrected chi connectivity index (χ4v) is 2.93. The van der Waals surface area contributed by atoms with Crippen molar-refractivity contribution in [2.45, 2.75) is 63.1 Å². The average molecular weight is 443 g/mol. The topological polar surface area (TPSA) is 175 Å². The number of benzene rings is 1. The van der Waals surface area contributed by atoms with Crippen molar-refractivity contribution in [3.63, 3.8) is 0 Å². The highest BCUT2D eigenvalue weighted by atomic mass is 16.7. The van der Waals surface area contributed by atoms with Crippen LogP contribution in [0.25, 0.3) is 0 Å². The number of aliphatic carboxylic acids is 2. The first-order valence-electron chi connectivity index (χ1n) is 9.83. The number of hydrogen-bond acceptors (Lipinski definition) is 9. The number of nitrogens with one attached hydrogen (secondary N) is 1. The van der Waals surface area contributed by atoms with Crippen molar-refractivity contribution < 1.29 is 49.3 Å². The Bertz CT molecular complexity index is 725. The summed E-state index contributed by atoms with van der Waals surface area (Å²) in [5.41, 5.74) is 0.611. The second-order valence-corrected chi connectivity index (χ2v) is 7.58. The second-order valence-electron chi connectivity index (χ2n) is 7.58. The molecule has 6 unspecified atom stereocenters. The molecule has 1 aliphatic heterocycles. The van der Waals surface area contributed by atoms with Crippen LogP contribution in [-0.2, 0) is 25.5 Å². The van der Waals surface area contributed by atoms with Gasteiger partial charge in [-0.15, -0.1) is 0 Å². The van der Waals surface area contributed by atoms with Crippen LogP contribution in [0.15, 0.2) is 24.3 Å². The van der Waals surface area contributed by atoms with Crippen molar-refractivity contribution in [3.05, 3.63) is 29.8 Å². The maximum atomic E-state index is 11.3. The number of ether oxygens (including phenoxy) is 3. The van der Waals surface area contributed by atoms with Crippen molar-refractivity contribution in [2.24, 2.45) is 0 Å². The van der Waals surface area contributed by atoms with E-state index in [4.69, 9.17) is 24.4 Å². The molecule has 11 heteroatoms. The zero-order chi connectivity index (χ0) is 23.1. The van der Waals surface area contributed by atoms with E-state index in [1.807, 2.05) is 13.8 Å². The van der Waals surface area contributed by atoms with Gasteiger partial charge in [-0.25, -0.2) is 4.79 Å². The predicted molar refractivity (Wildman–Crippen MR) is 106 cm³/mol. The van der Waals surface area contributed by atoms with Crippen LogP contribution in [-0.4, -0.2) is 93.5 Å². The summed E-state index contributed by atoms with van der Waals surface area (Å²) in [4.78, 5) is 22.0. The Hall–Kier alpha value is -2.28. The van der Waals surface area contributed by atoms with Gasteiger partial charge in [0.2, 0.25) is 0 Å². The summed E-state index contributed by atoms with van der Waals surface area (Å²) in [6, 6.07) is 6.55. The van der Waals surface area contributed by atoms with E-state index < -0.39 is 48.7 Å². The van der Waals surface area contributed by atoms with Crippen LogP contribution in [0.4, 0.5) is 0 Å². The fourth-order valence-electron chi connectivity index (χ4n) is 2.93. The molecular formula is C20H29NO10. The van der Waals surface area contributed by atoms with Gasteiger partial charge < -0.3 is 45.1 Å². The minimum absolute atomic E-state index is 0.0129. The van der Waals surface area contributed by atoms with Crippen molar-refractivity contribution in [1.82, 2.24) is 5.32 Å². The number of aliphatic hydroxyl groups excluding tert-OH is 3. The lowest BCUT2D eigenvalue weighted by atomic mass is 9.99. The summed E-state index contributed by atoms with van der Waals surface area (Å²) in [5, 5.41) is 51.0. The molecule has 174 valence electrons. The molecule has 0 radical (unpaired) electrons. The number of rotatable bonds is 11. The molecule has 1 saturated heterocycles. The highest BCUT2D eigenvalue weighted by molar-refractivity contribution is 5.73. The third-order valence-electron chi connectivity index (χ3n) is 4.61. The molecular weight excluding hydrogens is 414 g/mol. The molecule has 0 aliphatic carbocycles. The minimum Gasteiger partial charge on any atom is -0.491 e. The van der Waals surface area contributed by atoms with Gasteiger partial charge in [0.25, 0.3) is 0 Å². The SMILES string of the molecule is CC(C)NCC(COc1ccc(CC(=O)O)cc1)OC1OC(C(=O)O)C(O)C(O)C1O. The number of carbonyl (C=O) groups is 2. The molecule has 1 aromatic rings. The molecule has 0 spiro atoms. The molecule has 1 heterocycles. The normalized spacial score (nSPS) is 27.1. The monoisotopic (exact) mass is 443 g/mol. The molecule has 1 aromatic carbocycles. The van der Waals surface area contributed by atoms with E-state index in [0.29, 0.717) is 11.3 Å². The average Bonchev–Trinajstić information content (AvgIpc) is 2.70. The van der Waals surface area contributed by atoms with E-state index in [1.165, 1.54) is 0 Å². The summed E-state index contributed by atoms with van der Waals surface area (Å²) in [7, 11) is 0. The molecule has 0 amide bonds.